The monoisotopic (exact) mass is 932 g/mol. The van der Waals surface area contributed by atoms with E-state index in [2.05, 4.69) is 35.1 Å². The molecule has 0 saturated carbocycles. The molecular formula is C43H51F3N14O7. The predicted molar refractivity (Wildman–Crippen MR) is 232 cm³/mol. The number of fused-ring (bicyclic) bond motifs is 1. The second-order valence-corrected chi connectivity index (χ2v) is 17.5. The van der Waals surface area contributed by atoms with Gasteiger partial charge in [-0.15, -0.1) is 0 Å². The summed E-state index contributed by atoms with van der Waals surface area (Å²) < 4.78 is 49.0. The van der Waals surface area contributed by atoms with Gasteiger partial charge in [-0.3, -0.25) is 43.9 Å². The minimum atomic E-state index is -2.95. The SMILES string of the molecule is Nc1ncc(-c2nc(N3CCOCC3)nc(N3CCN(C(=O)CCC(=O)N4CCN(CC5CCN(c6cc7c(cc6F)C(=O)N(C6CCC(=O)NC6=O)C7=O)CC5)CC4)CC3)n2)c(C(F)F)n1. The van der Waals surface area contributed by atoms with Gasteiger partial charge in [-0.25, -0.2) is 23.1 Å². The third-order valence-corrected chi connectivity index (χ3v) is 13.4. The molecular weight excluding hydrogens is 882 g/mol. The van der Waals surface area contributed by atoms with Crippen LogP contribution in [0.3, 0.4) is 0 Å². The van der Waals surface area contributed by atoms with Crippen LogP contribution in [-0.4, -0.2) is 184 Å². The third kappa shape index (κ3) is 9.67. The van der Waals surface area contributed by atoms with E-state index < -0.39 is 47.6 Å². The van der Waals surface area contributed by atoms with Crippen LogP contribution in [0.15, 0.2) is 18.3 Å². The lowest BCUT2D eigenvalue weighted by molar-refractivity contribution is -0.138. The standard InChI is InChI=1S/C43H51F3N14O7/c44-29-21-26-27(40(66)60(39(26)65)30-1-2-32(61)49-38(30)64)22-31(29)55-7-5-25(6-8-55)24-54-9-11-56(12-10-54)33(62)3-4-34(63)57-13-15-58(16-14-57)42-51-37(28-23-48-41(47)50-35(28)36(45)46)52-43(53-42)59-17-19-67-20-18-59/h21-23,25,30,36H,1-20,24H2,(H2,47,48,50)(H,49,61,64). The molecule has 0 aliphatic carbocycles. The summed E-state index contributed by atoms with van der Waals surface area (Å²) in [4.78, 5) is 111. The molecule has 6 amide bonds. The van der Waals surface area contributed by atoms with Crippen LogP contribution in [0.5, 0.6) is 0 Å². The Morgan fingerprint density at radius 1 is 0.731 bits per heavy atom. The van der Waals surface area contributed by atoms with E-state index in [1.165, 1.54) is 12.3 Å². The van der Waals surface area contributed by atoms with Gasteiger partial charge in [0, 0.05) is 111 Å². The number of imide groups is 2. The van der Waals surface area contributed by atoms with Gasteiger partial charge >= 0.3 is 0 Å². The molecule has 8 heterocycles. The van der Waals surface area contributed by atoms with E-state index in [4.69, 9.17) is 10.5 Å². The van der Waals surface area contributed by atoms with Gasteiger partial charge in [0.05, 0.1) is 35.6 Å². The second-order valence-electron chi connectivity index (χ2n) is 17.5. The number of nitrogens with zero attached hydrogens (tertiary/aromatic N) is 12. The third-order valence-electron chi connectivity index (χ3n) is 13.4. The number of piperazine rings is 2. The topological polar surface area (TPSA) is 237 Å². The van der Waals surface area contributed by atoms with Gasteiger partial charge in [0.15, 0.2) is 5.82 Å². The number of anilines is 4. The van der Waals surface area contributed by atoms with Gasteiger partial charge in [-0.2, -0.15) is 15.0 Å². The van der Waals surface area contributed by atoms with Gasteiger partial charge in [-0.1, -0.05) is 0 Å². The van der Waals surface area contributed by atoms with Crippen molar-refractivity contribution in [1.29, 1.82) is 0 Å². The van der Waals surface area contributed by atoms with Crippen LogP contribution in [-0.2, 0) is 23.9 Å². The Bertz CT molecular complexity index is 2440. The zero-order valence-corrected chi connectivity index (χ0v) is 36.7. The van der Waals surface area contributed by atoms with Crippen molar-refractivity contribution in [3.63, 3.8) is 0 Å². The first-order valence-electron chi connectivity index (χ1n) is 22.6. The van der Waals surface area contributed by atoms with Crippen molar-refractivity contribution in [1.82, 2.24) is 49.8 Å². The molecule has 1 atom stereocenters. The average Bonchev–Trinajstić information content (AvgIpc) is 3.57. The Hall–Kier alpha value is -6.56. The first kappa shape index (κ1) is 45.6. The second kappa shape index (κ2) is 19.3. The summed E-state index contributed by atoms with van der Waals surface area (Å²) in [7, 11) is 0. The minimum Gasteiger partial charge on any atom is -0.378 e. The van der Waals surface area contributed by atoms with Gasteiger partial charge < -0.3 is 35.0 Å². The van der Waals surface area contributed by atoms with Crippen LogP contribution in [0.1, 0.15) is 71.4 Å². The van der Waals surface area contributed by atoms with Crippen LogP contribution in [0.25, 0.3) is 11.4 Å². The van der Waals surface area contributed by atoms with E-state index in [1.807, 2.05) is 14.7 Å². The minimum absolute atomic E-state index is 0.00783. The lowest BCUT2D eigenvalue weighted by Crippen LogP contribution is -2.54. The molecule has 0 spiro atoms. The molecule has 6 aliphatic heterocycles. The van der Waals surface area contributed by atoms with Gasteiger partial charge in [0.2, 0.25) is 41.5 Å². The van der Waals surface area contributed by atoms with E-state index in [0.29, 0.717) is 104 Å². The number of carbonyl (C=O) groups is 6. The number of ether oxygens (including phenoxy) is 1. The number of hydrogen-bond acceptors (Lipinski definition) is 17. The Morgan fingerprint density at radius 3 is 1.94 bits per heavy atom. The van der Waals surface area contributed by atoms with E-state index in [0.717, 1.165) is 30.4 Å². The van der Waals surface area contributed by atoms with Crippen LogP contribution < -0.4 is 25.8 Å². The normalized spacial score (nSPS) is 21.1. The number of nitrogens with one attached hydrogen (secondary N) is 1. The predicted octanol–water partition coefficient (Wildman–Crippen LogP) is 0.715. The number of nitrogen functional groups attached to an aromatic ring is 1. The molecule has 0 radical (unpaired) electrons. The fraction of sp³-hybridized carbons (Fsp3) is 0.558. The molecule has 6 aliphatic rings. The summed E-state index contributed by atoms with van der Waals surface area (Å²) in [5.41, 5.74) is 5.14. The summed E-state index contributed by atoms with van der Waals surface area (Å²) in [5.74, 6) is -2.89. The highest BCUT2D eigenvalue weighted by Gasteiger charge is 2.45. The fourth-order valence-electron chi connectivity index (χ4n) is 9.58. The molecule has 3 aromatic rings. The summed E-state index contributed by atoms with van der Waals surface area (Å²) in [6.07, 6.45) is -0.0647. The van der Waals surface area contributed by atoms with Crippen LogP contribution >= 0.6 is 0 Å². The van der Waals surface area contributed by atoms with E-state index >= 15 is 4.39 Å². The van der Waals surface area contributed by atoms with Gasteiger partial charge in [0.1, 0.15) is 17.6 Å². The van der Waals surface area contributed by atoms with Crippen LogP contribution in [0, 0.1) is 11.7 Å². The Balaban J connectivity index is 0.720. The maximum absolute atomic E-state index is 15.5. The summed E-state index contributed by atoms with van der Waals surface area (Å²) in [6.45, 7) is 7.66. The van der Waals surface area contributed by atoms with E-state index in [9.17, 15) is 37.5 Å². The smallest absolute Gasteiger partial charge is 0.281 e. The number of alkyl halides is 2. The molecule has 5 fully saturated rings. The lowest BCUT2D eigenvalue weighted by Gasteiger charge is -2.39. The molecule has 3 N–H and O–H groups in total. The first-order valence-corrected chi connectivity index (χ1v) is 22.6. The van der Waals surface area contributed by atoms with Gasteiger partial charge in [0.25, 0.3) is 18.2 Å². The number of amides is 6. The van der Waals surface area contributed by atoms with Crippen molar-refractivity contribution in [2.45, 2.75) is 51.0 Å². The largest absolute Gasteiger partial charge is 0.378 e. The molecule has 5 saturated heterocycles. The highest BCUT2D eigenvalue weighted by atomic mass is 19.3. The number of rotatable bonds is 11. The molecule has 9 rings (SSSR count). The van der Waals surface area contributed by atoms with E-state index in [-0.39, 0.29) is 77.6 Å². The molecule has 2 aromatic heterocycles. The number of halogens is 3. The molecule has 21 nitrogen and oxygen atoms in total. The number of piperidine rings is 2. The zero-order chi connectivity index (χ0) is 46.9. The highest BCUT2D eigenvalue weighted by Crippen LogP contribution is 2.35. The average molecular weight is 933 g/mol. The van der Waals surface area contributed by atoms with Crippen molar-refractivity contribution in [2.24, 2.45) is 5.92 Å². The first-order chi connectivity index (χ1) is 32.3. The molecule has 0 bridgehead atoms. The molecule has 1 aromatic carbocycles. The number of aromatic nitrogens is 5. The molecule has 356 valence electrons. The summed E-state index contributed by atoms with van der Waals surface area (Å²) in [6, 6.07) is 1.34. The van der Waals surface area contributed by atoms with Crippen molar-refractivity contribution < 1.29 is 46.7 Å². The van der Waals surface area contributed by atoms with Crippen LogP contribution in [0.2, 0.25) is 0 Å². The van der Waals surface area contributed by atoms with Crippen molar-refractivity contribution in [3.8, 4) is 11.4 Å². The summed E-state index contributed by atoms with van der Waals surface area (Å²) in [5, 5.41) is 2.16. The lowest BCUT2D eigenvalue weighted by atomic mass is 9.95. The van der Waals surface area contributed by atoms with E-state index in [1.54, 1.807) is 9.80 Å². The Kier molecular flexibility index (Phi) is 13.2. The molecule has 67 heavy (non-hydrogen) atoms. The highest BCUT2D eigenvalue weighted by molar-refractivity contribution is 6.23. The zero-order valence-electron chi connectivity index (χ0n) is 36.7. The fourth-order valence-corrected chi connectivity index (χ4v) is 9.58. The number of nitrogens with two attached hydrogens (primary N) is 1. The quantitative estimate of drug-likeness (QED) is 0.252. The maximum atomic E-state index is 15.5. The maximum Gasteiger partial charge on any atom is 0.281 e. The van der Waals surface area contributed by atoms with Gasteiger partial charge in [-0.05, 0) is 37.3 Å². The van der Waals surface area contributed by atoms with Crippen LogP contribution in [0.4, 0.5) is 36.7 Å². The molecule has 24 heteroatoms. The number of hydrogen-bond donors (Lipinski definition) is 2. The number of morpholine rings is 1. The number of benzene rings is 1. The van der Waals surface area contributed by atoms with Crippen molar-refractivity contribution >= 4 is 59.0 Å². The Labute approximate surface area is 382 Å². The Morgan fingerprint density at radius 2 is 1.33 bits per heavy atom. The summed E-state index contributed by atoms with van der Waals surface area (Å²) >= 11 is 0. The number of carbonyl (C=O) groups excluding carboxylic acids is 6. The molecule has 1 unspecified atom stereocenters. The van der Waals surface area contributed by atoms with Crippen molar-refractivity contribution in [2.75, 3.05) is 119 Å². The van der Waals surface area contributed by atoms with Crippen molar-refractivity contribution in [3.05, 3.63) is 41.0 Å².